The SMILES string of the molecule is CC/C=C\C/C=C\C/C=C\C/C=C\C/C=C\CCCCCC(=O)NC(COC1OC(CO)C(OC2OC(CO)C(OC3OC(CO)C(O)C(O)C3O)C(O)C2O)C(O)C1O)C(O)/C=C/CCCCCC. The lowest BCUT2D eigenvalue weighted by molar-refractivity contribution is -0.379. The van der Waals surface area contributed by atoms with E-state index < -0.39 is 124 Å². The lowest BCUT2D eigenvalue weighted by Crippen LogP contribution is -2.66. The number of carbonyl (C=O) groups excluding carboxylic acids is 1. The average molecular weight is 1000 g/mol. The number of amides is 1. The van der Waals surface area contributed by atoms with Crippen molar-refractivity contribution in [3.63, 3.8) is 0 Å². The fraction of sp³-hybridized carbons (Fsp3) is 0.745. The summed E-state index contributed by atoms with van der Waals surface area (Å²) in [6.07, 6.45) is 11.0. The van der Waals surface area contributed by atoms with Crippen molar-refractivity contribution < 1.29 is 89.4 Å². The van der Waals surface area contributed by atoms with Crippen molar-refractivity contribution in [3.8, 4) is 0 Å². The Morgan fingerprint density at radius 3 is 1.51 bits per heavy atom. The molecule has 402 valence electrons. The molecule has 1 amide bonds. The molecule has 0 spiro atoms. The minimum absolute atomic E-state index is 0.198. The predicted octanol–water partition coefficient (Wildman–Crippen LogP) is 1.53. The van der Waals surface area contributed by atoms with Gasteiger partial charge in [0.1, 0.15) is 73.2 Å². The second-order valence-corrected chi connectivity index (χ2v) is 17.9. The summed E-state index contributed by atoms with van der Waals surface area (Å²) in [4.78, 5) is 13.1. The monoisotopic (exact) mass is 1000 g/mol. The summed E-state index contributed by atoms with van der Waals surface area (Å²) in [6, 6.07) is -0.990. The van der Waals surface area contributed by atoms with E-state index in [0.29, 0.717) is 12.8 Å². The van der Waals surface area contributed by atoms with Crippen molar-refractivity contribution in [2.45, 2.75) is 214 Å². The Kier molecular flexibility index (Phi) is 31.1. The van der Waals surface area contributed by atoms with Crippen LogP contribution in [0.5, 0.6) is 0 Å². The van der Waals surface area contributed by atoms with E-state index in [9.17, 15) is 61.0 Å². The Bertz CT molecular complexity index is 1570. The molecular formula is C51H85NO18. The van der Waals surface area contributed by atoms with Crippen LogP contribution in [0.25, 0.3) is 0 Å². The lowest BCUT2D eigenvalue weighted by atomic mass is 9.96. The van der Waals surface area contributed by atoms with Crippen LogP contribution in [-0.4, -0.2) is 193 Å². The number of carbonyl (C=O) groups is 1. The first-order chi connectivity index (χ1) is 33.8. The lowest BCUT2D eigenvalue weighted by Gasteiger charge is -2.48. The van der Waals surface area contributed by atoms with Crippen molar-refractivity contribution in [3.05, 3.63) is 72.9 Å². The Labute approximate surface area is 413 Å². The van der Waals surface area contributed by atoms with Gasteiger partial charge in [-0.15, -0.1) is 0 Å². The molecule has 3 heterocycles. The summed E-state index contributed by atoms with van der Waals surface area (Å²) < 4.78 is 34.0. The predicted molar refractivity (Wildman–Crippen MR) is 258 cm³/mol. The molecule has 19 nitrogen and oxygen atoms in total. The van der Waals surface area contributed by atoms with E-state index in [0.717, 1.165) is 77.0 Å². The standard InChI is InChI=1S/C51H85NO18/c1-3-5-7-9-11-12-13-14-15-16-17-18-19-20-21-22-23-25-27-29-39(57)52-34(35(56)28-26-24-10-8-6-4-2)33-65-49-45(63)42(60)47(37(31-54)67-49)70-51-46(64)43(61)48(38(32-55)68-51)69-50-44(62)41(59)40(58)36(30-53)66-50/h5,7,11-12,14-15,17-18,20-21,26,28,34-38,40-51,53-56,58-64H,3-4,6,8-10,13,16,19,22-25,27,29-33H2,1-2H3,(H,52,57)/b7-5-,12-11-,15-14-,18-17-,21-20-,28-26+. The summed E-state index contributed by atoms with van der Waals surface area (Å²) in [5.74, 6) is -0.319. The number of aliphatic hydroxyl groups is 11. The van der Waals surface area contributed by atoms with Gasteiger partial charge in [-0.25, -0.2) is 0 Å². The van der Waals surface area contributed by atoms with Crippen LogP contribution in [0.15, 0.2) is 72.9 Å². The Hall–Kier alpha value is -2.77. The highest BCUT2D eigenvalue weighted by Gasteiger charge is 2.53. The van der Waals surface area contributed by atoms with Gasteiger partial charge >= 0.3 is 0 Å². The molecule has 3 aliphatic rings. The molecule has 0 aromatic carbocycles. The van der Waals surface area contributed by atoms with Crippen LogP contribution < -0.4 is 5.32 Å². The first-order valence-corrected chi connectivity index (χ1v) is 25.2. The molecule has 70 heavy (non-hydrogen) atoms. The molecule has 12 N–H and O–H groups in total. The van der Waals surface area contributed by atoms with E-state index in [-0.39, 0.29) is 18.9 Å². The number of hydrogen-bond acceptors (Lipinski definition) is 18. The van der Waals surface area contributed by atoms with Crippen LogP contribution in [0.1, 0.15) is 110 Å². The smallest absolute Gasteiger partial charge is 0.220 e. The van der Waals surface area contributed by atoms with Crippen LogP contribution in [0.3, 0.4) is 0 Å². The van der Waals surface area contributed by atoms with Gasteiger partial charge in [-0.2, -0.15) is 0 Å². The summed E-state index contributed by atoms with van der Waals surface area (Å²) in [6.45, 7) is 1.42. The second kappa shape index (κ2) is 35.4. The minimum atomic E-state index is -1.98. The number of nitrogens with one attached hydrogen (secondary N) is 1. The van der Waals surface area contributed by atoms with Crippen LogP contribution in [0.4, 0.5) is 0 Å². The quantitative estimate of drug-likeness (QED) is 0.0328. The van der Waals surface area contributed by atoms with Crippen molar-refractivity contribution in [2.24, 2.45) is 0 Å². The fourth-order valence-corrected chi connectivity index (χ4v) is 8.04. The van der Waals surface area contributed by atoms with Crippen LogP contribution >= 0.6 is 0 Å². The van der Waals surface area contributed by atoms with Crippen LogP contribution in [0, 0.1) is 0 Å². The number of unbranched alkanes of at least 4 members (excludes halogenated alkanes) is 7. The third-order valence-corrected chi connectivity index (χ3v) is 12.3. The number of rotatable bonds is 33. The zero-order chi connectivity index (χ0) is 51.3. The normalized spacial score (nSPS) is 33.2. The third-order valence-electron chi connectivity index (χ3n) is 12.3. The summed E-state index contributed by atoms with van der Waals surface area (Å²) in [7, 11) is 0. The first kappa shape index (κ1) is 61.5. The van der Waals surface area contributed by atoms with Gasteiger partial charge in [-0.1, -0.05) is 112 Å². The Morgan fingerprint density at radius 2 is 0.986 bits per heavy atom. The molecular weight excluding hydrogens is 915 g/mol. The maximum absolute atomic E-state index is 13.1. The highest BCUT2D eigenvalue weighted by Crippen LogP contribution is 2.33. The van der Waals surface area contributed by atoms with Gasteiger partial charge in [0.25, 0.3) is 0 Å². The molecule has 3 fully saturated rings. The van der Waals surface area contributed by atoms with Gasteiger partial charge < -0.3 is 89.9 Å². The van der Waals surface area contributed by atoms with E-state index in [4.69, 9.17) is 28.4 Å². The summed E-state index contributed by atoms with van der Waals surface area (Å²) in [5, 5.41) is 119. The van der Waals surface area contributed by atoms with E-state index in [1.807, 2.05) is 6.08 Å². The topological polar surface area (TPSA) is 307 Å². The van der Waals surface area contributed by atoms with E-state index in [2.05, 4.69) is 79.9 Å². The zero-order valence-corrected chi connectivity index (χ0v) is 41.0. The maximum Gasteiger partial charge on any atom is 0.220 e. The second-order valence-electron chi connectivity index (χ2n) is 17.9. The van der Waals surface area contributed by atoms with Gasteiger partial charge in [0, 0.05) is 6.42 Å². The van der Waals surface area contributed by atoms with Gasteiger partial charge in [0.2, 0.25) is 5.91 Å². The number of hydrogen-bond donors (Lipinski definition) is 12. The molecule has 0 aliphatic carbocycles. The van der Waals surface area contributed by atoms with Crippen molar-refractivity contribution in [2.75, 3.05) is 26.4 Å². The maximum atomic E-state index is 13.1. The van der Waals surface area contributed by atoms with Crippen molar-refractivity contribution >= 4 is 5.91 Å². The molecule has 0 saturated carbocycles. The molecule has 0 bridgehead atoms. The Morgan fingerprint density at radius 1 is 0.529 bits per heavy atom. The molecule has 3 saturated heterocycles. The molecule has 0 aromatic rings. The molecule has 0 radical (unpaired) electrons. The zero-order valence-electron chi connectivity index (χ0n) is 41.0. The van der Waals surface area contributed by atoms with Crippen molar-refractivity contribution in [1.29, 1.82) is 0 Å². The summed E-state index contributed by atoms with van der Waals surface area (Å²) in [5.41, 5.74) is 0. The highest BCUT2D eigenvalue weighted by molar-refractivity contribution is 5.76. The minimum Gasteiger partial charge on any atom is -0.394 e. The van der Waals surface area contributed by atoms with Crippen LogP contribution in [0.2, 0.25) is 0 Å². The largest absolute Gasteiger partial charge is 0.394 e. The molecule has 0 aromatic heterocycles. The first-order valence-electron chi connectivity index (χ1n) is 25.2. The summed E-state index contributed by atoms with van der Waals surface area (Å²) >= 11 is 0. The number of ether oxygens (including phenoxy) is 6. The van der Waals surface area contributed by atoms with Gasteiger partial charge in [-0.05, 0) is 64.2 Å². The van der Waals surface area contributed by atoms with E-state index in [1.165, 1.54) is 0 Å². The fourth-order valence-electron chi connectivity index (χ4n) is 8.04. The number of allylic oxidation sites excluding steroid dienone is 11. The van der Waals surface area contributed by atoms with Gasteiger partial charge in [-0.3, -0.25) is 4.79 Å². The van der Waals surface area contributed by atoms with Crippen molar-refractivity contribution in [1.82, 2.24) is 5.32 Å². The van der Waals surface area contributed by atoms with E-state index >= 15 is 0 Å². The molecule has 3 rings (SSSR count). The van der Waals surface area contributed by atoms with Crippen LogP contribution in [-0.2, 0) is 33.2 Å². The number of aliphatic hydroxyl groups excluding tert-OH is 11. The highest BCUT2D eigenvalue weighted by atomic mass is 16.8. The van der Waals surface area contributed by atoms with Gasteiger partial charge in [0.05, 0.1) is 38.6 Å². The molecule has 17 atom stereocenters. The molecule has 3 aliphatic heterocycles. The van der Waals surface area contributed by atoms with E-state index in [1.54, 1.807) is 6.08 Å². The van der Waals surface area contributed by atoms with Gasteiger partial charge in [0.15, 0.2) is 18.9 Å². The average Bonchev–Trinajstić information content (AvgIpc) is 3.35. The molecule has 19 heteroatoms. The molecule has 17 unspecified atom stereocenters. The third kappa shape index (κ3) is 21.0. The Balaban J connectivity index is 1.51.